The molecular weight excluding hydrogens is 206 g/mol. The molecule has 2 aromatic heterocycles. The van der Waals surface area contributed by atoms with E-state index in [9.17, 15) is 4.79 Å². The summed E-state index contributed by atoms with van der Waals surface area (Å²) in [6, 6.07) is 0. The van der Waals surface area contributed by atoms with E-state index in [1.807, 2.05) is 6.92 Å². The van der Waals surface area contributed by atoms with Crippen LogP contribution in [0.15, 0.2) is 11.1 Å². The van der Waals surface area contributed by atoms with E-state index in [0.29, 0.717) is 30.2 Å². The summed E-state index contributed by atoms with van der Waals surface area (Å²) in [6.45, 7) is 7.37. The van der Waals surface area contributed by atoms with E-state index < -0.39 is 0 Å². The topological polar surface area (TPSA) is 65.6 Å². The minimum absolute atomic E-state index is 0.113. The highest BCUT2D eigenvalue weighted by Gasteiger charge is 2.11. The molecule has 86 valence electrons. The summed E-state index contributed by atoms with van der Waals surface area (Å²) >= 11 is 0. The van der Waals surface area contributed by atoms with Gasteiger partial charge in [-0.15, -0.1) is 5.10 Å². The van der Waals surface area contributed by atoms with Gasteiger partial charge in [0.1, 0.15) is 6.33 Å². The molecule has 0 unspecified atom stereocenters. The number of rotatable bonds is 3. The Labute approximate surface area is 92.9 Å². The third kappa shape index (κ3) is 1.70. The van der Waals surface area contributed by atoms with Crippen molar-refractivity contribution in [2.45, 2.75) is 33.9 Å². The highest BCUT2D eigenvalue weighted by atomic mass is 16.1. The maximum absolute atomic E-state index is 12.0. The van der Waals surface area contributed by atoms with Crippen molar-refractivity contribution in [1.29, 1.82) is 0 Å². The minimum Gasteiger partial charge on any atom is -0.297 e. The molecule has 0 amide bonds. The van der Waals surface area contributed by atoms with Crippen LogP contribution < -0.4 is 5.56 Å². The quantitative estimate of drug-likeness (QED) is 0.763. The zero-order chi connectivity index (χ0) is 11.7. The van der Waals surface area contributed by atoms with Gasteiger partial charge in [0, 0.05) is 13.1 Å². The van der Waals surface area contributed by atoms with Gasteiger partial charge in [-0.3, -0.25) is 9.36 Å². The van der Waals surface area contributed by atoms with E-state index in [-0.39, 0.29) is 5.56 Å². The van der Waals surface area contributed by atoms with Gasteiger partial charge in [-0.25, -0.2) is 9.67 Å². The van der Waals surface area contributed by atoms with Gasteiger partial charge in [0.05, 0.1) is 0 Å². The first kappa shape index (κ1) is 10.8. The standard InChI is InChI=1S/C10H15N5O/c1-4-15-9-8(12-13-15)10(16)14(6-11-9)5-7(2)3/h6-7H,4-5H2,1-3H3. The second-order valence-electron chi connectivity index (χ2n) is 4.17. The Hall–Kier alpha value is -1.72. The van der Waals surface area contributed by atoms with E-state index in [1.54, 1.807) is 15.6 Å². The highest BCUT2D eigenvalue weighted by Crippen LogP contribution is 2.03. The Bertz CT molecular complexity index is 554. The van der Waals surface area contributed by atoms with Crippen LogP contribution in [0.4, 0.5) is 0 Å². The number of hydrogen-bond acceptors (Lipinski definition) is 4. The predicted molar refractivity (Wildman–Crippen MR) is 60.1 cm³/mol. The Balaban J connectivity index is 2.58. The Morgan fingerprint density at radius 1 is 1.44 bits per heavy atom. The van der Waals surface area contributed by atoms with Crippen molar-refractivity contribution >= 4 is 11.2 Å². The highest BCUT2D eigenvalue weighted by molar-refractivity contribution is 5.67. The van der Waals surface area contributed by atoms with Crippen molar-refractivity contribution < 1.29 is 0 Å². The van der Waals surface area contributed by atoms with Crippen LogP contribution >= 0.6 is 0 Å². The van der Waals surface area contributed by atoms with E-state index >= 15 is 0 Å². The van der Waals surface area contributed by atoms with Gasteiger partial charge >= 0.3 is 0 Å². The van der Waals surface area contributed by atoms with Crippen LogP contribution in [-0.4, -0.2) is 24.5 Å². The number of aromatic nitrogens is 5. The molecule has 0 bridgehead atoms. The van der Waals surface area contributed by atoms with Gasteiger partial charge < -0.3 is 0 Å². The third-order valence-electron chi connectivity index (χ3n) is 2.35. The monoisotopic (exact) mass is 221 g/mol. The fourth-order valence-corrected chi connectivity index (χ4v) is 1.62. The van der Waals surface area contributed by atoms with E-state index in [1.165, 1.54) is 0 Å². The molecule has 6 heteroatoms. The fraction of sp³-hybridized carbons (Fsp3) is 0.600. The zero-order valence-electron chi connectivity index (χ0n) is 9.71. The average Bonchev–Trinajstić information content (AvgIpc) is 2.65. The summed E-state index contributed by atoms with van der Waals surface area (Å²) in [5, 5.41) is 7.76. The lowest BCUT2D eigenvalue weighted by Crippen LogP contribution is -2.23. The summed E-state index contributed by atoms with van der Waals surface area (Å²) < 4.78 is 3.21. The molecule has 2 aromatic rings. The lowest BCUT2D eigenvalue weighted by Gasteiger charge is -2.06. The van der Waals surface area contributed by atoms with Crippen LogP contribution in [0, 0.1) is 5.92 Å². The first-order chi connectivity index (χ1) is 7.63. The van der Waals surface area contributed by atoms with Gasteiger partial charge in [-0.1, -0.05) is 19.1 Å². The lowest BCUT2D eigenvalue weighted by molar-refractivity contribution is 0.507. The predicted octanol–water partition coefficient (Wildman–Crippen LogP) is 0.664. The molecule has 6 nitrogen and oxygen atoms in total. The molecule has 0 spiro atoms. The summed E-state index contributed by atoms with van der Waals surface area (Å²) in [5.41, 5.74) is 0.802. The maximum Gasteiger partial charge on any atom is 0.283 e. The maximum atomic E-state index is 12.0. The molecule has 0 saturated carbocycles. The van der Waals surface area contributed by atoms with Crippen molar-refractivity contribution in [2.24, 2.45) is 5.92 Å². The fourth-order valence-electron chi connectivity index (χ4n) is 1.62. The molecular formula is C10H15N5O. The van der Waals surface area contributed by atoms with Crippen molar-refractivity contribution in [3.63, 3.8) is 0 Å². The summed E-state index contributed by atoms with van der Waals surface area (Å²) in [7, 11) is 0. The number of hydrogen-bond donors (Lipinski definition) is 0. The van der Waals surface area contributed by atoms with Crippen molar-refractivity contribution in [2.75, 3.05) is 0 Å². The van der Waals surface area contributed by atoms with Gasteiger partial charge in [-0.05, 0) is 12.8 Å². The molecule has 16 heavy (non-hydrogen) atoms. The number of fused-ring (bicyclic) bond motifs is 1. The minimum atomic E-state index is -0.113. The van der Waals surface area contributed by atoms with Gasteiger partial charge in [0.2, 0.25) is 0 Å². The summed E-state index contributed by atoms with van der Waals surface area (Å²) in [6.07, 6.45) is 1.57. The van der Waals surface area contributed by atoms with E-state index in [2.05, 4.69) is 29.1 Å². The van der Waals surface area contributed by atoms with E-state index in [4.69, 9.17) is 0 Å². The van der Waals surface area contributed by atoms with Gasteiger partial charge in [-0.2, -0.15) is 0 Å². The molecule has 0 saturated heterocycles. The Morgan fingerprint density at radius 2 is 2.19 bits per heavy atom. The first-order valence-corrected chi connectivity index (χ1v) is 5.42. The SMILES string of the molecule is CCn1nnc2c(=O)n(CC(C)C)cnc21. The Morgan fingerprint density at radius 3 is 2.81 bits per heavy atom. The molecule has 0 aliphatic carbocycles. The molecule has 0 radical (unpaired) electrons. The Kier molecular flexibility index (Phi) is 2.72. The normalized spacial score (nSPS) is 11.5. The molecule has 0 N–H and O–H groups in total. The smallest absolute Gasteiger partial charge is 0.283 e. The van der Waals surface area contributed by atoms with Crippen LogP contribution in [0.1, 0.15) is 20.8 Å². The van der Waals surface area contributed by atoms with Crippen LogP contribution in [0.5, 0.6) is 0 Å². The largest absolute Gasteiger partial charge is 0.297 e. The molecule has 0 fully saturated rings. The van der Waals surface area contributed by atoms with Crippen molar-refractivity contribution in [3.05, 3.63) is 16.7 Å². The molecule has 2 rings (SSSR count). The van der Waals surface area contributed by atoms with Crippen LogP contribution in [-0.2, 0) is 13.1 Å². The van der Waals surface area contributed by atoms with Crippen molar-refractivity contribution in [3.8, 4) is 0 Å². The van der Waals surface area contributed by atoms with Crippen LogP contribution in [0.2, 0.25) is 0 Å². The number of nitrogens with zero attached hydrogens (tertiary/aromatic N) is 5. The lowest BCUT2D eigenvalue weighted by atomic mass is 10.2. The van der Waals surface area contributed by atoms with Gasteiger partial charge in [0.15, 0.2) is 11.2 Å². The van der Waals surface area contributed by atoms with E-state index in [0.717, 1.165) is 0 Å². The number of aryl methyl sites for hydroxylation is 1. The third-order valence-corrected chi connectivity index (χ3v) is 2.35. The van der Waals surface area contributed by atoms with Crippen molar-refractivity contribution in [1.82, 2.24) is 24.5 Å². The second-order valence-corrected chi connectivity index (χ2v) is 4.17. The molecule has 0 aliphatic heterocycles. The second kappa shape index (κ2) is 4.03. The average molecular weight is 221 g/mol. The molecule has 0 aromatic carbocycles. The van der Waals surface area contributed by atoms with Crippen LogP contribution in [0.25, 0.3) is 11.2 Å². The summed E-state index contributed by atoms with van der Waals surface area (Å²) in [5.74, 6) is 0.401. The zero-order valence-corrected chi connectivity index (χ0v) is 9.71. The van der Waals surface area contributed by atoms with Gasteiger partial charge in [0.25, 0.3) is 5.56 Å². The van der Waals surface area contributed by atoms with Crippen LogP contribution in [0.3, 0.4) is 0 Å². The molecule has 0 atom stereocenters. The first-order valence-electron chi connectivity index (χ1n) is 5.42. The molecule has 0 aliphatic rings. The summed E-state index contributed by atoms with van der Waals surface area (Å²) in [4.78, 5) is 16.2. The molecule has 2 heterocycles.